The van der Waals surface area contributed by atoms with E-state index in [2.05, 4.69) is 54.3 Å². The van der Waals surface area contributed by atoms with Crippen LogP contribution >= 0.6 is 11.8 Å². The van der Waals surface area contributed by atoms with Crippen molar-refractivity contribution in [3.63, 3.8) is 0 Å². The summed E-state index contributed by atoms with van der Waals surface area (Å²) in [5.41, 5.74) is 4.71. The van der Waals surface area contributed by atoms with Crippen molar-refractivity contribution in [3.05, 3.63) is 59.2 Å². The molecule has 1 aliphatic heterocycles. The maximum atomic E-state index is 9.56. The zero-order valence-electron chi connectivity index (χ0n) is 12.2. The monoisotopic (exact) mass is 294 g/mol. The number of fused-ring (bicyclic) bond motifs is 1. The van der Waals surface area contributed by atoms with Gasteiger partial charge in [0.05, 0.1) is 11.3 Å². The highest BCUT2D eigenvalue weighted by molar-refractivity contribution is 7.99. The first-order valence-corrected chi connectivity index (χ1v) is 8.29. The van der Waals surface area contributed by atoms with Crippen LogP contribution in [0.25, 0.3) is 0 Å². The normalized spacial score (nSPS) is 13.6. The Morgan fingerprint density at radius 2 is 1.95 bits per heavy atom. The molecule has 21 heavy (non-hydrogen) atoms. The molecule has 0 atom stereocenters. The van der Waals surface area contributed by atoms with E-state index in [1.165, 1.54) is 11.1 Å². The minimum absolute atomic E-state index is 0.823. The summed E-state index contributed by atoms with van der Waals surface area (Å²) in [6.07, 6.45) is 1.05. The fraction of sp³-hybridized carbons (Fsp3) is 0.278. The van der Waals surface area contributed by atoms with Crippen LogP contribution in [0.3, 0.4) is 0 Å². The van der Waals surface area contributed by atoms with Gasteiger partial charge in [-0.05, 0) is 35.4 Å². The fourth-order valence-corrected chi connectivity index (χ4v) is 3.65. The van der Waals surface area contributed by atoms with Crippen LogP contribution in [0.5, 0.6) is 0 Å². The fourth-order valence-electron chi connectivity index (χ4n) is 2.87. The second kappa shape index (κ2) is 6.24. The van der Waals surface area contributed by atoms with Crippen LogP contribution in [0.4, 0.5) is 5.69 Å². The van der Waals surface area contributed by atoms with E-state index >= 15 is 0 Å². The van der Waals surface area contributed by atoms with Gasteiger partial charge in [0.15, 0.2) is 0 Å². The van der Waals surface area contributed by atoms with E-state index in [1.54, 1.807) is 11.8 Å². The van der Waals surface area contributed by atoms with Gasteiger partial charge in [0, 0.05) is 18.0 Å². The van der Waals surface area contributed by atoms with Gasteiger partial charge < -0.3 is 4.90 Å². The van der Waals surface area contributed by atoms with Gasteiger partial charge >= 0.3 is 0 Å². The number of hydrogen-bond acceptors (Lipinski definition) is 3. The Labute approximate surface area is 130 Å². The van der Waals surface area contributed by atoms with Gasteiger partial charge in [-0.1, -0.05) is 37.3 Å². The first kappa shape index (κ1) is 14.0. The van der Waals surface area contributed by atoms with Gasteiger partial charge in [0.25, 0.3) is 0 Å². The summed E-state index contributed by atoms with van der Waals surface area (Å²) in [5.74, 6) is 0.987. The predicted molar refractivity (Wildman–Crippen MR) is 88.8 cm³/mol. The van der Waals surface area contributed by atoms with Crippen LogP contribution in [0.15, 0.2) is 47.4 Å². The van der Waals surface area contributed by atoms with Crippen LogP contribution in [0, 0.1) is 11.3 Å². The van der Waals surface area contributed by atoms with Crippen molar-refractivity contribution in [2.45, 2.75) is 24.8 Å². The van der Waals surface area contributed by atoms with E-state index < -0.39 is 0 Å². The molecule has 0 aromatic heterocycles. The summed E-state index contributed by atoms with van der Waals surface area (Å²) in [5, 5.41) is 9.56. The number of thioether (sulfide) groups is 1. The summed E-state index contributed by atoms with van der Waals surface area (Å²) in [6.45, 7) is 3.99. The largest absolute Gasteiger partial charge is 0.366 e. The van der Waals surface area contributed by atoms with Crippen molar-refractivity contribution in [2.75, 3.05) is 17.2 Å². The average molecular weight is 294 g/mol. The molecule has 0 saturated carbocycles. The Bertz CT molecular complexity index is 688. The Morgan fingerprint density at radius 3 is 2.71 bits per heavy atom. The lowest BCUT2D eigenvalue weighted by Gasteiger charge is -2.31. The zero-order chi connectivity index (χ0) is 14.7. The van der Waals surface area contributed by atoms with Crippen LogP contribution in [-0.2, 0) is 13.0 Å². The summed E-state index contributed by atoms with van der Waals surface area (Å²) in [6, 6.07) is 17.2. The van der Waals surface area contributed by atoms with Gasteiger partial charge in [0.2, 0.25) is 0 Å². The molecule has 0 saturated heterocycles. The molecule has 0 aliphatic carbocycles. The quantitative estimate of drug-likeness (QED) is 0.793. The molecule has 0 N–H and O–H groups in total. The molecule has 2 nitrogen and oxygen atoms in total. The topological polar surface area (TPSA) is 27.0 Å². The van der Waals surface area contributed by atoms with Gasteiger partial charge in [-0.2, -0.15) is 5.26 Å². The number of rotatable bonds is 3. The second-order valence-electron chi connectivity index (χ2n) is 5.14. The molecule has 106 valence electrons. The Kier molecular flexibility index (Phi) is 4.17. The molecule has 1 aliphatic rings. The number of nitriles is 1. The maximum absolute atomic E-state index is 9.56. The molecule has 0 unspecified atom stereocenters. The highest BCUT2D eigenvalue weighted by Gasteiger charge is 2.19. The first-order valence-electron chi connectivity index (χ1n) is 7.31. The summed E-state index contributed by atoms with van der Waals surface area (Å²) in [7, 11) is 0. The summed E-state index contributed by atoms with van der Waals surface area (Å²) in [4.78, 5) is 3.43. The minimum Gasteiger partial charge on any atom is -0.366 e. The molecule has 0 radical (unpaired) electrons. The van der Waals surface area contributed by atoms with E-state index in [4.69, 9.17) is 0 Å². The van der Waals surface area contributed by atoms with Crippen LogP contribution in [-0.4, -0.2) is 12.3 Å². The smallest absolute Gasteiger partial charge is 0.103 e. The molecule has 0 bridgehead atoms. The van der Waals surface area contributed by atoms with Crippen molar-refractivity contribution >= 4 is 17.4 Å². The van der Waals surface area contributed by atoms with E-state index in [1.807, 2.05) is 6.07 Å². The lowest BCUT2D eigenvalue weighted by atomic mass is 9.99. The van der Waals surface area contributed by atoms with Gasteiger partial charge in [-0.3, -0.25) is 0 Å². The Hall–Kier alpha value is -1.92. The molecular formula is C18H18N2S. The van der Waals surface area contributed by atoms with Crippen LogP contribution < -0.4 is 4.90 Å². The summed E-state index contributed by atoms with van der Waals surface area (Å²) >= 11 is 1.74. The second-order valence-corrected chi connectivity index (χ2v) is 6.44. The number of benzene rings is 2. The van der Waals surface area contributed by atoms with E-state index in [-0.39, 0.29) is 0 Å². The highest BCUT2D eigenvalue weighted by Crippen LogP contribution is 2.32. The summed E-state index contributed by atoms with van der Waals surface area (Å²) < 4.78 is 0. The number of nitrogens with zero attached hydrogens (tertiary/aromatic N) is 2. The maximum Gasteiger partial charge on any atom is 0.103 e. The van der Waals surface area contributed by atoms with E-state index in [0.717, 1.165) is 41.4 Å². The standard InChI is InChI=1S/C18H18N2S/c1-2-21-18-9-5-8-17(16(18)12-19)20-11-10-14-6-3-4-7-15(14)13-20/h3-9H,2,10-11,13H2,1H3. The van der Waals surface area contributed by atoms with Crippen molar-refractivity contribution in [1.82, 2.24) is 0 Å². The molecular weight excluding hydrogens is 276 g/mol. The van der Waals surface area contributed by atoms with Crippen molar-refractivity contribution < 1.29 is 0 Å². The first-order chi connectivity index (χ1) is 10.3. The van der Waals surface area contributed by atoms with Gasteiger partial charge in [-0.25, -0.2) is 0 Å². The van der Waals surface area contributed by atoms with Crippen molar-refractivity contribution in [2.24, 2.45) is 0 Å². The molecule has 2 aromatic rings. The molecule has 0 spiro atoms. The number of anilines is 1. The van der Waals surface area contributed by atoms with Crippen LogP contribution in [0.1, 0.15) is 23.6 Å². The average Bonchev–Trinajstić information content (AvgIpc) is 2.54. The van der Waals surface area contributed by atoms with Crippen molar-refractivity contribution in [3.8, 4) is 6.07 Å². The van der Waals surface area contributed by atoms with E-state index in [0.29, 0.717) is 0 Å². The number of hydrogen-bond donors (Lipinski definition) is 0. The highest BCUT2D eigenvalue weighted by atomic mass is 32.2. The predicted octanol–water partition coefficient (Wildman–Crippen LogP) is 4.23. The molecule has 0 amide bonds. The Morgan fingerprint density at radius 1 is 1.14 bits per heavy atom. The minimum atomic E-state index is 0.823. The van der Waals surface area contributed by atoms with Crippen molar-refractivity contribution in [1.29, 1.82) is 5.26 Å². The Balaban J connectivity index is 1.95. The third-order valence-corrected chi connectivity index (χ3v) is 4.83. The van der Waals surface area contributed by atoms with E-state index in [9.17, 15) is 5.26 Å². The molecule has 2 aromatic carbocycles. The lowest BCUT2D eigenvalue weighted by molar-refractivity contribution is 0.730. The molecule has 3 heteroatoms. The molecule has 1 heterocycles. The molecule has 0 fully saturated rings. The third kappa shape index (κ3) is 2.77. The van der Waals surface area contributed by atoms with Gasteiger partial charge in [0.1, 0.15) is 6.07 Å². The molecule has 3 rings (SSSR count). The third-order valence-electron chi connectivity index (χ3n) is 3.89. The van der Waals surface area contributed by atoms with Gasteiger partial charge in [-0.15, -0.1) is 11.8 Å². The SMILES string of the molecule is CCSc1cccc(N2CCc3ccccc3C2)c1C#N. The zero-order valence-corrected chi connectivity index (χ0v) is 13.0. The lowest BCUT2D eigenvalue weighted by Crippen LogP contribution is -2.30. The van der Waals surface area contributed by atoms with Crippen LogP contribution in [0.2, 0.25) is 0 Å².